The second-order valence-electron chi connectivity index (χ2n) is 7.26. The SMILES string of the molecule is Cc1ccc(S(=O)(=O)N[C@@H]2c3cccc4cccc(c34)[C@@H]2Sc2nncn2N)cc1. The molecule has 30 heavy (non-hydrogen) atoms. The molecule has 9 heteroatoms. The molecule has 0 bridgehead atoms. The average Bonchev–Trinajstić information content (AvgIpc) is 3.26. The van der Waals surface area contributed by atoms with Gasteiger partial charge in [-0.2, -0.15) is 0 Å². The van der Waals surface area contributed by atoms with E-state index in [1.54, 1.807) is 24.3 Å². The lowest BCUT2D eigenvalue weighted by atomic mass is 10.1. The van der Waals surface area contributed by atoms with Gasteiger partial charge in [-0.05, 0) is 41.0 Å². The number of thioether (sulfide) groups is 1. The number of nitrogen functional groups attached to an aromatic ring is 1. The molecule has 0 saturated carbocycles. The van der Waals surface area contributed by atoms with E-state index in [9.17, 15) is 8.42 Å². The number of hydrogen-bond acceptors (Lipinski definition) is 6. The minimum Gasteiger partial charge on any atom is -0.336 e. The Morgan fingerprint density at radius 1 is 1.03 bits per heavy atom. The molecule has 0 radical (unpaired) electrons. The first-order valence-corrected chi connectivity index (χ1v) is 11.7. The van der Waals surface area contributed by atoms with Crippen LogP contribution in [0.15, 0.2) is 77.0 Å². The van der Waals surface area contributed by atoms with Crippen molar-refractivity contribution in [2.45, 2.75) is 28.3 Å². The molecule has 0 fully saturated rings. The third-order valence-corrected chi connectivity index (χ3v) is 8.04. The molecule has 5 rings (SSSR count). The molecule has 0 spiro atoms. The van der Waals surface area contributed by atoms with E-state index in [2.05, 4.69) is 14.9 Å². The Morgan fingerprint density at radius 2 is 1.73 bits per heavy atom. The first kappa shape index (κ1) is 19.1. The molecule has 1 aromatic heterocycles. The van der Waals surface area contributed by atoms with Gasteiger partial charge in [0.15, 0.2) is 0 Å². The van der Waals surface area contributed by atoms with Gasteiger partial charge in [0.25, 0.3) is 0 Å². The summed E-state index contributed by atoms with van der Waals surface area (Å²) < 4.78 is 30.7. The molecule has 7 nitrogen and oxygen atoms in total. The lowest BCUT2D eigenvalue weighted by Gasteiger charge is -2.22. The summed E-state index contributed by atoms with van der Waals surface area (Å²) in [4.78, 5) is 0.238. The van der Waals surface area contributed by atoms with Crippen LogP contribution in [-0.4, -0.2) is 23.3 Å². The van der Waals surface area contributed by atoms with Crippen LogP contribution in [0.5, 0.6) is 0 Å². The Hall–Kier alpha value is -2.88. The van der Waals surface area contributed by atoms with Gasteiger partial charge in [-0.3, -0.25) is 0 Å². The van der Waals surface area contributed by atoms with Crippen LogP contribution >= 0.6 is 11.8 Å². The van der Waals surface area contributed by atoms with Crippen molar-refractivity contribution >= 4 is 32.6 Å². The van der Waals surface area contributed by atoms with Crippen LogP contribution < -0.4 is 10.6 Å². The van der Waals surface area contributed by atoms with Gasteiger partial charge in [0.2, 0.25) is 15.2 Å². The Labute approximate surface area is 178 Å². The van der Waals surface area contributed by atoms with Crippen LogP contribution in [0.1, 0.15) is 28.0 Å². The monoisotopic (exact) mass is 437 g/mol. The summed E-state index contributed by atoms with van der Waals surface area (Å²) in [5.74, 6) is 5.93. The van der Waals surface area contributed by atoms with Crippen molar-refractivity contribution in [1.82, 2.24) is 19.6 Å². The van der Waals surface area contributed by atoms with Gasteiger partial charge >= 0.3 is 0 Å². The van der Waals surface area contributed by atoms with Crippen LogP contribution in [0.25, 0.3) is 10.8 Å². The fourth-order valence-electron chi connectivity index (χ4n) is 3.88. The summed E-state index contributed by atoms with van der Waals surface area (Å²) in [5.41, 5.74) is 3.00. The molecule has 0 saturated heterocycles. The van der Waals surface area contributed by atoms with Crippen molar-refractivity contribution in [2.75, 3.05) is 5.84 Å². The Balaban J connectivity index is 1.60. The molecule has 1 aliphatic carbocycles. The molecular formula is C21H19N5O2S2. The summed E-state index contributed by atoms with van der Waals surface area (Å²) in [5, 5.41) is 10.3. The third kappa shape index (κ3) is 3.15. The average molecular weight is 438 g/mol. The quantitative estimate of drug-likeness (QED) is 0.464. The highest BCUT2D eigenvalue weighted by Gasteiger charge is 2.38. The molecule has 3 N–H and O–H groups in total. The smallest absolute Gasteiger partial charge is 0.241 e. The standard InChI is InChI=1S/C21H19N5O2S2/c1-13-8-10-15(11-9-13)30(27,28)25-19-16-6-2-4-14-5-3-7-17(18(14)16)20(19)29-21-24-23-12-26(21)22/h2-12,19-20,25H,22H2,1H3/t19-,20+/m1/s1. The van der Waals surface area contributed by atoms with Gasteiger partial charge in [-0.1, -0.05) is 65.9 Å². The van der Waals surface area contributed by atoms with Gasteiger partial charge < -0.3 is 5.84 Å². The van der Waals surface area contributed by atoms with Crippen LogP contribution in [0, 0.1) is 6.92 Å². The van der Waals surface area contributed by atoms with Crippen LogP contribution in [0.3, 0.4) is 0 Å². The van der Waals surface area contributed by atoms with Crippen molar-refractivity contribution in [3.8, 4) is 0 Å². The first-order chi connectivity index (χ1) is 14.4. The van der Waals surface area contributed by atoms with Crippen LogP contribution in [0.4, 0.5) is 0 Å². The van der Waals surface area contributed by atoms with Crippen molar-refractivity contribution in [2.24, 2.45) is 0 Å². The molecule has 0 amide bonds. The number of aromatic nitrogens is 3. The summed E-state index contributed by atoms with van der Waals surface area (Å²) >= 11 is 1.40. The highest BCUT2D eigenvalue weighted by Crippen LogP contribution is 2.52. The zero-order valence-electron chi connectivity index (χ0n) is 16.1. The minimum atomic E-state index is -3.73. The van der Waals surface area contributed by atoms with Crippen LogP contribution in [0.2, 0.25) is 0 Å². The second-order valence-corrected chi connectivity index (χ2v) is 10.1. The zero-order valence-corrected chi connectivity index (χ0v) is 17.7. The second kappa shape index (κ2) is 7.12. The van der Waals surface area contributed by atoms with Gasteiger partial charge in [0.1, 0.15) is 6.33 Å². The number of sulfonamides is 1. The molecular weight excluding hydrogens is 418 g/mol. The van der Waals surface area contributed by atoms with E-state index in [0.29, 0.717) is 5.16 Å². The molecule has 0 aliphatic heterocycles. The number of nitrogens with one attached hydrogen (secondary N) is 1. The maximum absolute atomic E-state index is 13.2. The third-order valence-electron chi connectivity index (χ3n) is 5.30. The Bertz CT molecular complexity index is 1340. The summed E-state index contributed by atoms with van der Waals surface area (Å²) in [6.45, 7) is 1.92. The lowest BCUT2D eigenvalue weighted by Crippen LogP contribution is -2.30. The topological polar surface area (TPSA) is 103 Å². The van der Waals surface area contributed by atoms with Gasteiger partial charge in [0, 0.05) is 0 Å². The predicted molar refractivity (Wildman–Crippen MR) is 117 cm³/mol. The van der Waals surface area contributed by atoms with E-state index in [0.717, 1.165) is 27.5 Å². The highest BCUT2D eigenvalue weighted by molar-refractivity contribution is 7.99. The van der Waals surface area contributed by atoms with E-state index < -0.39 is 16.1 Å². The normalized spacial score (nSPS) is 18.2. The molecule has 2 atom stereocenters. The maximum atomic E-state index is 13.2. The van der Waals surface area contributed by atoms with Crippen molar-refractivity contribution in [3.63, 3.8) is 0 Å². The Morgan fingerprint density at radius 3 is 2.40 bits per heavy atom. The number of nitrogens with zero attached hydrogens (tertiary/aromatic N) is 3. The number of rotatable bonds is 5. The number of hydrogen-bond donors (Lipinski definition) is 2. The molecule has 152 valence electrons. The fraction of sp³-hybridized carbons (Fsp3) is 0.143. The van der Waals surface area contributed by atoms with Gasteiger partial charge in [-0.15, -0.1) is 10.2 Å². The zero-order chi connectivity index (χ0) is 20.9. The van der Waals surface area contributed by atoms with Gasteiger partial charge in [0.05, 0.1) is 16.2 Å². The Kier molecular flexibility index (Phi) is 4.53. The number of nitrogens with two attached hydrogens (primary N) is 1. The van der Waals surface area contributed by atoms with E-state index in [1.807, 2.05) is 43.3 Å². The first-order valence-electron chi connectivity index (χ1n) is 9.36. The van der Waals surface area contributed by atoms with E-state index in [4.69, 9.17) is 5.84 Å². The number of benzene rings is 3. The fourth-order valence-corrected chi connectivity index (χ4v) is 6.36. The minimum absolute atomic E-state index is 0.238. The van der Waals surface area contributed by atoms with Crippen molar-refractivity contribution < 1.29 is 8.42 Å². The van der Waals surface area contributed by atoms with E-state index >= 15 is 0 Å². The molecule has 1 aliphatic rings. The summed E-state index contributed by atoms with van der Waals surface area (Å²) in [6.07, 6.45) is 1.43. The van der Waals surface area contributed by atoms with Crippen LogP contribution in [-0.2, 0) is 10.0 Å². The lowest BCUT2D eigenvalue weighted by molar-refractivity contribution is 0.557. The molecule has 4 aromatic rings. The molecule has 1 heterocycles. The highest BCUT2D eigenvalue weighted by atomic mass is 32.2. The molecule has 3 aromatic carbocycles. The summed E-state index contributed by atoms with van der Waals surface area (Å²) in [6, 6.07) is 18.4. The van der Waals surface area contributed by atoms with Gasteiger partial charge in [-0.25, -0.2) is 17.8 Å². The predicted octanol–water partition coefficient (Wildman–Crippen LogP) is 3.32. The van der Waals surface area contributed by atoms with Crippen molar-refractivity contribution in [1.29, 1.82) is 0 Å². The maximum Gasteiger partial charge on any atom is 0.241 e. The number of aryl methyl sites for hydroxylation is 1. The largest absolute Gasteiger partial charge is 0.336 e. The van der Waals surface area contributed by atoms with Crippen molar-refractivity contribution in [3.05, 3.63) is 83.7 Å². The summed E-state index contributed by atoms with van der Waals surface area (Å²) in [7, 11) is -3.73. The van der Waals surface area contributed by atoms with E-state index in [1.165, 1.54) is 22.8 Å². The molecule has 0 unspecified atom stereocenters. The van der Waals surface area contributed by atoms with E-state index in [-0.39, 0.29) is 10.1 Å².